The van der Waals surface area contributed by atoms with Crippen molar-refractivity contribution in [3.05, 3.63) is 36.5 Å². The van der Waals surface area contributed by atoms with Crippen LogP contribution in [-0.2, 0) is 0 Å². The van der Waals surface area contributed by atoms with Gasteiger partial charge in [-0.05, 0) is 19.3 Å². The molecule has 0 radical (unpaired) electrons. The van der Waals surface area contributed by atoms with Crippen LogP contribution in [0.3, 0.4) is 0 Å². The van der Waals surface area contributed by atoms with Gasteiger partial charge < -0.3 is 0 Å². The van der Waals surface area contributed by atoms with Gasteiger partial charge in [-0.3, -0.25) is 0 Å². The molecule has 0 heterocycles. The third kappa shape index (κ3) is 5.22. The average molecular weight is 203 g/mol. The number of rotatable bonds is 6. The fourth-order valence-electron chi connectivity index (χ4n) is 1.22. The predicted molar refractivity (Wildman–Crippen MR) is 66.3 cm³/mol. The van der Waals surface area contributed by atoms with Crippen LogP contribution in [0.4, 0.5) is 0 Å². The van der Waals surface area contributed by atoms with Crippen molar-refractivity contribution in [3.63, 3.8) is 0 Å². The van der Waals surface area contributed by atoms with Crippen molar-refractivity contribution in [3.8, 4) is 6.07 Å². The van der Waals surface area contributed by atoms with Crippen molar-refractivity contribution in [2.45, 2.75) is 40.0 Å². The van der Waals surface area contributed by atoms with Crippen molar-refractivity contribution < 1.29 is 0 Å². The van der Waals surface area contributed by atoms with Crippen LogP contribution in [0.2, 0.25) is 0 Å². The molecule has 1 heteroatoms. The maximum absolute atomic E-state index is 9.25. The van der Waals surface area contributed by atoms with Gasteiger partial charge in [-0.1, -0.05) is 57.2 Å². The standard InChI is InChI=1S/C14H21N/c1-4-7-10-14(13-15,11-8-5-2)12-9-6-3/h7-12H,4-6H2,1-3H3. The Hall–Kier alpha value is -1.29. The van der Waals surface area contributed by atoms with Crippen LogP contribution in [0.1, 0.15) is 40.0 Å². The summed E-state index contributed by atoms with van der Waals surface area (Å²) in [5, 5.41) is 9.25. The monoisotopic (exact) mass is 203 g/mol. The van der Waals surface area contributed by atoms with E-state index in [0.29, 0.717) is 0 Å². The first kappa shape index (κ1) is 13.7. The number of nitrogens with zero attached hydrogens (tertiary/aromatic N) is 1. The van der Waals surface area contributed by atoms with E-state index in [0.717, 1.165) is 19.3 Å². The second kappa shape index (κ2) is 8.05. The molecule has 0 N–H and O–H groups in total. The Morgan fingerprint density at radius 2 is 1.20 bits per heavy atom. The van der Waals surface area contributed by atoms with Gasteiger partial charge in [-0.15, -0.1) is 0 Å². The first-order valence-electron chi connectivity index (χ1n) is 5.69. The minimum absolute atomic E-state index is 0.540. The van der Waals surface area contributed by atoms with E-state index in [9.17, 15) is 5.26 Å². The molecule has 0 rings (SSSR count). The van der Waals surface area contributed by atoms with Crippen LogP contribution in [0.5, 0.6) is 0 Å². The zero-order valence-corrected chi connectivity index (χ0v) is 10.0. The summed E-state index contributed by atoms with van der Waals surface area (Å²) in [6, 6.07) is 2.36. The molecule has 0 atom stereocenters. The number of hydrogen-bond donors (Lipinski definition) is 0. The van der Waals surface area contributed by atoms with Gasteiger partial charge in [0.1, 0.15) is 5.41 Å². The van der Waals surface area contributed by atoms with Gasteiger partial charge in [0, 0.05) is 0 Å². The molecule has 0 aliphatic heterocycles. The molecule has 82 valence electrons. The zero-order valence-electron chi connectivity index (χ0n) is 10.0. The lowest BCUT2D eigenvalue weighted by atomic mass is 9.87. The highest BCUT2D eigenvalue weighted by Crippen LogP contribution is 2.23. The van der Waals surface area contributed by atoms with Crippen LogP contribution >= 0.6 is 0 Å². The maximum Gasteiger partial charge on any atom is 0.111 e. The van der Waals surface area contributed by atoms with E-state index >= 15 is 0 Å². The highest BCUT2D eigenvalue weighted by atomic mass is 14.3. The fourth-order valence-corrected chi connectivity index (χ4v) is 1.22. The Labute approximate surface area is 93.8 Å². The third-order valence-electron chi connectivity index (χ3n) is 2.08. The smallest absolute Gasteiger partial charge is 0.111 e. The lowest BCUT2D eigenvalue weighted by molar-refractivity contribution is 0.820. The highest BCUT2D eigenvalue weighted by molar-refractivity contribution is 5.31. The summed E-state index contributed by atoms with van der Waals surface area (Å²) in [5.41, 5.74) is -0.540. The molecule has 15 heavy (non-hydrogen) atoms. The van der Waals surface area contributed by atoms with Gasteiger partial charge in [-0.25, -0.2) is 0 Å². The van der Waals surface area contributed by atoms with Crippen LogP contribution in [0.15, 0.2) is 36.5 Å². The van der Waals surface area contributed by atoms with Crippen LogP contribution in [0.25, 0.3) is 0 Å². The summed E-state index contributed by atoms with van der Waals surface area (Å²) in [6.07, 6.45) is 15.0. The first-order valence-corrected chi connectivity index (χ1v) is 5.69. The van der Waals surface area contributed by atoms with Crippen molar-refractivity contribution in [2.75, 3.05) is 0 Å². The molecule has 0 bridgehead atoms. The lowest BCUT2D eigenvalue weighted by Crippen LogP contribution is -2.07. The van der Waals surface area contributed by atoms with Crippen LogP contribution < -0.4 is 0 Å². The molecule has 0 aromatic heterocycles. The van der Waals surface area contributed by atoms with Gasteiger partial charge in [-0.2, -0.15) is 5.26 Å². The van der Waals surface area contributed by atoms with Gasteiger partial charge >= 0.3 is 0 Å². The van der Waals surface area contributed by atoms with Gasteiger partial charge in [0.25, 0.3) is 0 Å². The molecule has 0 unspecified atom stereocenters. The van der Waals surface area contributed by atoms with E-state index in [1.165, 1.54) is 0 Å². The Morgan fingerprint density at radius 3 is 1.40 bits per heavy atom. The van der Waals surface area contributed by atoms with E-state index in [-0.39, 0.29) is 0 Å². The zero-order chi connectivity index (χ0) is 11.6. The summed E-state index contributed by atoms with van der Waals surface area (Å²) < 4.78 is 0. The van der Waals surface area contributed by atoms with E-state index in [2.05, 4.69) is 26.8 Å². The van der Waals surface area contributed by atoms with E-state index < -0.39 is 5.41 Å². The SMILES string of the molecule is CCC=CC(C#N)(C=CCC)C=CCC. The topological polar surface area (TPSA) is 23.8 Å². The summed E-state index contributed by atoms with van der Waals surface area (Å²) >= 11 is 0. The second-order valence-electron chi connectivity index (χ2n) is 3.48. The second-order valence-corrected chi connectivity index (χ2v) is 3.48. The molecule has 0 aromatic carbocycles. The molecule has 0 saturated heterocycles. The minimum Gasteiger partial charge on any atom is -0.197 e. The summed E-state index contributed by atoms with van der Waals surface area (Å²) in [4.78, 5) is 0. The molecule has 1 nitrogen and oxygen atoms in total. The van der Waals surface area contributed by atoms with Crippen molar-refractivity contribution in [1.29, 1.82) is 5.26 Å². The van der Waals surface area contributed by atoms with Gasteiger partial charge in [0.05, 0.1) is 6.07 Å². The normalized spacial score (nSPS) is 16.1. The van der Waals surface area contributed by atoms with Crippen molar-refractivity contribution in [2.24, 2.45) is 5.41 Å². The molecular formula is C14H21N. The molecule has 0 spiro atoms. The lowest BCUT2D eigenvalue weighted by Gasteiger charge is -2.13. The Morgan fingerprint density at radius 1 is 0.867 bits per heavy atom. The van der Waals surface area contributed by atoms with E-state index in [4.69, 9.17) is 0 Å². The first-order chi connectivity index (χ1) is 7.24. The quantitative estimate of drug-likeness (QED) is 0.587. The Kier molecular flexibility index (Phi) is 7.36. The van der Waals surface area contributed by atoms with E-state index in [1.54, 1.807) is 0 Å². The average Bonchev–Trinajstić information content (AvgIpc) is 2.29. The summed E-state index contributed by atoms with van der Waals surface area (Å²) in [5.74, 6) is 0. The van der Waals surface area contributed by atoms with Crippen LogP contribution in [0, 0.1) is 16.7 Å². The van der Waals surface area contributed by atoms with Gasteiger partial charge in [0.15, 0.2) is 0 Å². The fraction of sp³-hybridized carbons (Fsp3) is 0.500. The molecule has 0 aliphatic carbocycles. The highest BCUT2D eigenvalue weighted by Gasteiger charge is 2.18. The minimum atomic E-state index is -0.540. The Bertz CT molecular complexity index is 240. The number of allylic oxidation sites excluding steroid dienone is 6. The number of hydrogen-bond acceptors (Lipinski definition) is 1. The molecule has 0 aliphatic rings. The van der Waals surface area contributed by atoms with Crippen molar-refractivity contribution in [1.82, 2.24) is 0 Å². The van der Waals surface area contributed by atoms with E-state index in [1.807, 2.05) is 36.5 Å². The Balaban J connectivity index is 4.94. The molecule has 0 saturated carbocycles. The molecule has 0 fully saturated rings. The summed E-state index contributed by atoms with van der Waals surface area (Å²) in [7, 11) is 0. The molecule has 0 aromatic rings. The third-order valence-corrected chi connectivity index (χ3v) is 2.08. The van der Waals surface area contributed by atoms with Gasteiger partial charge in [0.2, 0.25) is 0 Å². The largest absolute Gasteiger partial charge is 0.197 e. The summed E-state index contributed by atoms with van der Waals surface area (Å²) in [6.45, 7) is 6.23. The maximum atomic E-state index is 9.25. The van der Waals surface area contributed by atoms with Crippen LogP contribution in [-0.4, -0.2) is 0 Å². The molecular weight excluding hydrogens is 182 g/mol. The predicted octanol–water partition coefficient (Wildman–Crippen LogP) is 4.39. The molecule has 0 amide bonds. The number of nitriles is 1. The van der Waals surface area contributed by atoms with Crippen molar-refractivity contribution >= 4 is 0 Å².